The Labute approximate surface area is 299 Å². The number of phenols is 4. The number of hydrogen-bond donors (Lipinski definition) is 9. The Bertz CT molecular complexity index is 1760. The fourth-order valence-electron chi connectivity index (χ4n) is 5.54. The average Bonchev–Trinajstić information content (AvgIpc) is 3.40. The number of benzene rings is 3. The van der Waals surface area contributed by atoms with Gasteiger partial charge in [-0.2, -0.15) is 0 Å². The van der Waals surface area contributed by atoms with Crippen molar-refractivity contribution in [3.8, 4) is 23.0 Å². The molecular formula is C35H36O18. The number of rotatable bonds is 12. The van der Waals surface area contributed by atoms with Gasteiger partial charge in [0.05, 0.1) is 24.3 Å². The Hall–Kier alpha value is -5.31. The topological polar surface area (TPSA) is 289 Å². The van der Waals surface area contributed by atoms with Crippen LogP contribution >= 0.6 is 0 Å². The fraction of sp³-hybridized carbons (Fsp3) is 0.343. The van der Waals surface area contributed by atoms with Gasteiger partial charge in [0.1, 0.15) is 60.1 Å². The first-order valence-corrected chi connectivity index (χ1v) is 15.9. The van der Waals surface area contributed by atoms with Crippen LogP contribution in [0, 0.1) is 0 Å². The zero-order valence-corrected chi connectivity index (χ0v) is 27.4. The zero-order chi connectivity index (χ0) is 38.4. The van der Waals surface area contributed by atoms with Crippen LogP contribution in [-0.2, 0) is 33.2 Å². The van der Waals surface area contributed by atoms with E-state index in [0.29, 0.717) is 0 Å². The van der Waals surface area contributed by atoms with Crippen molar-refractivity contribution in [1.82, 2.24) is 0 Å². The van der Waals surface area contributed by atoms with Crippen molar-refractivity contribution in [2.75, 3.05) is 19.8 Å². The number of aromatic hydroxyl groups is 4. The summed E-state index contributed by atoms with van der Waals surface area (Å²) < 4.78 is 33.9. The summed E-state index contributed by atoms with van der Waals surface area (Å²) in [5.41, 5.74) is -0.130. The molecule has 2 aliphatic rings. The van der Waals surface area contributed by atoms with Crippen LogP contribution in [0.4, 0.5) is 0 Å². The largest absolute Gasteiger partial charge is 0.508 e. The number of aliphatic hydroxyl groups is 5. The summed E-state index contributed by atoms with van der Waals surface area (Å²) in [7, 11) is 0. The van der Waals surface area contributed by atoms with Crippen LogP contribution in [0.15, 0.2) is 72.8 Å². The maximum atomic E-state index is 13.4. The van der Waals surface area contributed by atoms with E-state index < -0.39 is 92.5 Å². The van der Waals surface area contributed by atoms with Gasteiger partial charge in [0.15, 0.2) is 12.4 Å². The molecule has 2 fully saturated rings. The molecule has 18 nitrogen and oxygen atoms in total. The summed E-state index contributed by atoms with van der Waals surface area (Å²) in [4.78, 5) is 40.1. The molecule has 3 aromatic rings. The third-order valence-corrected chi connectivity index (χ3v) is 8.24. The van der Waals surface area contributed by atoms with E-state index in [1.54, 1.807) is 0 Å². The Morgan fingerprint density at radius 2 is 1.30 bits per heavy atom. The molecule has 9 N–H and O–H groups in total. The Kier molecular flexibility index (Phi) is 12.2. The summed E-state index contributed by atoms with van der Waals surface area (Å²) in [5.74, 6) is -7.12. The van der Waals surface area contributed by atoms with E-state index in [4.69, 9.17) is 28.4 Å². The van der Waals surface area contributed by atoms with Gasteiger partial charge in [0, 0.05) is 12.1 Å². The molecule has 284 valence electrons. The number of hydrogen-bond acceptors (Lipinski definition) is 18. The molecule has 0 radical (unpaired) electrons. The van der Waals surface area contributed by atoms with E-state index >= 15 is 0 Å². The molecule has 0 amide bonds. The van der Waals surface area contributed by atoms with Crippen LogP contribution in [0.2, 0.25) is 0 Å². The standard InChI is InChI=1S/C35H36O18/c36-14-24-27(43)28(44)29(45)34(49-24)48-15-25-30(51-32(46)18-2-6-20(38)7-3-18)31(50-26(42)10-1-17-11-22(40)13-23(41)12-17)35(16-37,52-25)53-33(47)19-4-8-21(39)9-5-19/h1-13,24-25,27-31,34,36-41,43-45H,14-16H2/b10-1+/t24-,25-,27-,28+,29-,30-,31+,34+,35+/m1/s1. The summed E-state index contributed by atoms with van der Waals surface area (Å²) in [6.45, 7) is -2.78. The molecule has 3 aromatic carbocycles. The lowest BCUT2D eigenvalue weighted by molar-refractivity contribution is -0.310. The van der Waals surface area contributed by atoms with Crippen molar-refractivity contribution in [3.63, 3.8) is 0 Å². The molecule has 5 rings (SSSR count). The molecule has 2 aliphatic heterocycles. The number of carbonyl (C=O) groups excluding carboxylic acids is 3. The van der Waals surface area contributed by atoms with Crippen molar-refractivity contribution >= 4 is 24.0 Å². The van der Waals surface area contributed by atoms with Gasteiger partial charge >= 0.3 is 17.9 Å². The second-order valence-electron chi connectivity index (χ2n) is 12.0. The SMILES string of the molecule is O=C(/C=C/c1cc(O)cc(O)c1)O[C@H]1[C@H](OC(=O)c2ccc(O)cc2)[C@@H](CO[C@H]2O[C@H](CO)[C@@H](O)[C@H](O)[C@H]2O)O[C@@]1(CO)OC(=O)c1ccc(O)cc1. The molecule has 18 heteroatoms. The monoisotopic (exact) mass is 744 g/mol. The van der Waals surface area contributed by atoms with Crippen LogP contribution in [0.25, 0.3) is 6.08 Å². The van der Waals surface area contributed by atoms with E-state index in [1.807, 2.05) is 0 Å². The third kappa shape index (κ3) is 9.02. The van der Waals surface area contributed by atoms with Gasteiger partial charge < -0.3 is 74.4 Å². The summed E-state index contributed by atoms with van der Waals surface area (Å²) in [6, 6.07) is 12.9. The minimum atomic E-state index is -2.65. The highest BCUT2D eigenvalue weighted by Crippen LogP contribution is 2.39. The molecule has 0 aliphatic carbocycles. The lowest BCUT2D eigenvalue weighted by atomic mass is 9.99. The smallest absolute Gasteiger partial charge is 0.340 e. The highest BCUT2D eigenvalue weighted by molar-refractivity contribution is 5.91. The number of ether oxygens (including phenoxy) is 6. The normalized spacial score (nSPS) is 28.4. The first kappa shape index (κ1) is 38.9. The van der Waals surface area contributed by atoms with Crippen molar-refractivity contribution in [2.24, 2.45) is 0 Å². The van der Waals surface area contributed by atoms with Gasteiger partial charge in [0.25, 0.3) is 5.79 Å². The van der Waals surface area contributed by atoms with Crippen molar-refractivity contribution in [3.05, 3.63) is 89.5 Å². The van der Waals surface area contributed by atoms with Crippen LogP contribution in [0.3, 0.4) is 0 Å². The summed E-state index contributed by atoms with van der Waals surface area (Å²) in [6.07, 6.45) is -12.0. The predicted octanol–water partition coefficient (Wildman–Crippen LogP) is -0.580. The average molecular weight is 745 g/mol. The maximum absolute atomic E-state index is 13.4. The van der Waals surface area contributed by atoms with Crippen molar-refractivity contribution < 1.29 is 88.8 Å². The first-order chi connectivity index (χ1) is 25.2. The number of carbonyl (C=O) groups is 3. The number of aliphatic hydroxyl groups excluding tert-OH is 5. The van der Waals surface area contributed by atoms with E-state index in [0.717, 1.165) is 18.2 Å². The Morgan fingerprint density at radius 1 is 0.717 bits per heavy atom. The minimum absolute atomic E-state index is 0.118. The zero-order valence-electron chi connectivity index (χ0n) is 27.4. The minimum Gasteiger partial charge on any atom is -0.508 e. The molecule has 0 aromatic heterocycles. The third-order valence-electron chi connectivity index (χ3n) is 8.24. The number of esters is 3. The molecule has 0 spiro atoms. The van der Waals surface area contributed by atoms with Gasteiger partial charge in [-0.05, 0) is 72.3 Å². The second-order valence-corrected chi connectivity index (χ2v) is 12.0. The Morgan fingerprint density at radius 3 is 1.87 bits per heavy atom. The Balaban J connectivity index is 1.51. The first-order valence-electron chi connectivity index (χ1n) is 15.9. The van der Waals surface area contributed by atoms with Gasteiger partial charge in [0.2, 0.25) is 6.10 Å². The predicted molar refractivity (Wildman–Crippen MR) is 174 cm³/mol. The summed E-state index contributed by atoms with van der Waals surface area (Å²) >= 11 is 0. The molecule has 0 saturated carbocycles. The van der Waals surface area contributed by atoms with E-state index in [1.165, 1.54) is 60.7 Å². The molecule has 9 atom stereocenters. The van der Waals surface area contributed by atoms with Crippen LogP contribution in [0.5, 0.6) is 23.0 Å². The molecule has 2 saturated heterocycles. The maximum Gasteiger partial charge on any atom is 0.340 e. The quantitative estimate of drug-likeness (QED) is 0.0637. The van der Waals surface area contributed by atoms with E-state index in [2.05, 4.69) is 0 Å². The lowest BCUT2D eigenvalue weighted by Crippen LogP contribution is -2.59. The molecular weight excluding hydrogens is 708 g/mol. The molecule has 2 heterocycles. The lowest BCUT2D eigenvalue weighted by Gasteiger charge is -2.40. The van der Waals surface area contributed by atoms with E-state index in [9.17, 15) is 60.3 Å². The van der Waals surface area contributed by atoms with Crippen molar-refractivity contribution in [2.45, 2.75) is 54.8 Å². The van der Waals surface area contributed by atoms with Gasteiger partial charge in [-0.3, -0.25) is 0 Å². The van der Waals surface area contributed by atoms with Crippen LogP contribution < -0.4 is 0 Å². The van der Waals surface area contributed by atoms with E-state index in [-0.39, 0.29) is 39.7 Å². The summed E-state index contributed by atoms with van der Waals surface area (Å²) in [5, 5.41) is 90.2. The number of phenolic OH excluding ortho intramolecular Hbond substituents is 4. The van der Waals surface area contributed by atoms with Gasteiger partial charge in [-0.15, -0.1) is 0 Å². The van der Waals surface area contributed by atoms with Gasteiger partial charge in [-0.25, -0.2) is 14.4 Å². The fourth-order valence-corrected chi connectivity index (χ4v) is 5.54. The van der Waals surface area contributed by atoms with Crippen molar-refractivity contribution in [1.29, 1.82) is 0 Å². The van der Waals surface area contributed by atoms with Gasteiger partial charge in [-0.1, -0.05) is 0 Å². The molecule has 0 unspecified atom stereocenters. The van der Waals surface area contributed by atoms with Crippen LogP contribution in [-0.4, -0.2) is 138 Å². The van der Waals surface area contributed by atoms with Crippen LogP contribution in [0.1, 0.15) is 26.3 Å². The molecule has 0 bridgehead atoms. The second kappa shape index (κ2) is 16.6. The highest BCUT2D eigenvalue weighted by atomic mass is 16.8. The molecule has 53 heavy (non-hydrogen) atoms. The highest BCUT2D eigenvalue weighted by Gasteiger charge is 2.62.